The van der Waals surface area contributed by atoms with Crippen molar-refractivity contribution in [1.82, 2.24) is 9.55 Å². The third-order valence-corrected chi connectivity index (χ3v) is 3.62. The van der Waals surface area contributed by atoms with Crippen molar-refractivity contribution >= 4 is 22.0 Å². The first-order valence-corrected chi connectivity index (χ1v) is 6.74. The maximum atomic E-state index is 12.1. The van der Waals surface area contributed by atoms with Crippen molar-refractivity contribution in [3.05, 3.63) is 76.9 Å². The van der Waals surface area contributed by atoms with Crippen LogP contribution in [0.1, 0.15) is 5.56 Å². The van der Waals surface area contributed by atoms with Crippen molar-refractivity contribution in [3.63, 3.8) is 0 Å². The average Bonchev–Trinajstić information content (AvgIpc) is 2.84. The van der Waals surface area contributed by atoms with Crippen molar-refractivity contribution in [3.8, 4) is 0 Å². The molecule has 0 amide bonds. The average molecular weight is 276 g/mol. The van der Waals surface area contributed by atoms with Gasteiger partial charge in [-0.05, 0) is 23.8 Å². The fourth-order valence-electron chi connectivity index (χ4n) is 2.63. The Hall–Kier alpha value is -2.88. The molecule has 4 aromatic rings. The van der Waals surface area contributed by atoms with Gasteiger partial charge in [0.25, 0.3) is 0 Å². The van der Waals surface area contributed by atoms with Crippen molar-refractivity contribution in [2.45, 2.75) is 6.54 Å². The van der Waals surface area contributed by atoms with Crippen molar-refractivity contribution in [2.75, 3.05) is 0 Å². The van der Waals surface area contributed by atoms with E-state index >= 15 is 0 Å². The van der Waals surface area contributed by atoms with E-state index in [9.17, 15) is 4.79 Å². The van der Waals surface area contributed by atoms with Gasteiger partial charge in [0.05, 0.1) is 17.6 Å². The summed E-state index contributed by atoms with van der Waals surface area (Å²) in [7, 11) is 0. The third kappa shape index (κ3) is 1.92. The molecule has 0 spiro atoms. The highest BCUT2D eigenvalue weighted by Crippen LogP contribution is 2.19. The van der Waals surface area contributed by atoms with E-state index < -0.39 is 0 Å². The molecular weight excluding hydrogens is 264 g/mol. The molecule has 0 radical (unpaired) electrons. The first-order chi connectivity index (χ1) is 10.3. The van der Waals surface area contributed by atoms with E-state index in [4.69, 9.17) is 4.42 Å². The predicted molar refractivity (Wildman–Crippen MR) is 81.3 cm³/mol. The summed E-state index contributed by atoms with van der Waals surface area (Å²) in [6.07, 6.45) is 1.77. The molecule has 2 aromatic heterocycles. The molecule has 102 valence electrons. The zero-order chi connectivity index (χ0) is 14.2. The molecule has 0 aliphatic heterocycles. The van der Waals surface area contributed by atoms with Crippen LogP contribution < -0.4 is 5.76 Å². The number of nitrogens with zero attached hydrogens (tertiary/aromatic N) is 2. The lowest BCUT2D eigenvalue weighted by Crippen LogP contribution is -2.15. The van der Waals surface area contributed by atoms with Crippen LogP contribution in [-0.4, -0.2) is 9.55 Å². The Morgan fingerprint density at radius 2 is 1.86 bits per heavy atom. The molecule has 21 heavy (non-hydrogen) atoms. The van der Waals surface area contributed by atoms with Crippen molar-refractivity contribution in [2.24, 2.45) is 0 Å². The zero-order valence-corrected chi connectivity index (χ0v) is 11.2. The summed E-state index contributed by atoms with van der Waals surface area (Å²) in [6.45, 7) is 0.449. The third-order valence-electron chi connectivity index (χ3n) is 3.62. The van der Waals surface area contributed by atoms with Crippen LogP contribution in [0.3, 0.4) is 0 Å². The molecular formula is C17H12N2O2. The van der Waals surface area contributed by atoms with Crippen LogP contribution in [0.15, 0.2) is 70.0 Å². The number of aromatic nitrogens is 2. The molecule has 0 saturated carbocycles. The van der Waals surface area contributed by atoms with E-state index in [1.54, 1.807) is 16.8 Å². The molecule has 4 heteroatoms. The van der Waals surface area contributed by atoms with Gasteiger partial charge in [-0.1, -0.05) is 36.4 Å². The summed E-state index contributed by atoms with van der Waals surface area (Å²) in [4.78, 5) is 16.5. The molecule has 2 aromatic carbocycles. The molecule has 0 aliphatic carbocycles. The fourth-order valence-corrected chi connectivity index (χ4v) is 2.63. The topological polar surface area (TPSA) is 48.0 Å². The summed E-state index contributed by atoms with van der Waals surface area (Å²) < 4.78 is 6.91. The van der Waals surface area contributed by atoms with Crippen LogP contribution in [0.5, 0.6) is 0 Å². The van der Waals surface area contributed by atoms with Gasteiger partial charge in [0.1, 0.15) is 0 Å². The number of para-hydroxylation sites is 3. The highest BCUT2D eigenvalue weighted by atomic mass is 16.4. The number of fused-ring (bicyclic) bond motifs is 2. The van der Waals surface area contributed by atoms with Gasteiger partial charge < -0.3 is 4.42 Å². The highest BCUT2D eigenvalue weighted by molar-refractivity contribution is 5.81. The van der Waals surface area contributed by atoms with Crippen LogP contribution in [-0.2, 0) is 6.54 Å². The maximum absolute atomic E-state index is 12.1. The maximum Gasteiger partial charge on any atom is 0.420 e. The van der Waals surface area contributed by atoms with E-state index in [-0.39, 0.29) is 5.76 Å². The van der Waals surface area contributed by atoms with Crippen LogP contribution in [0.2, 0.25) is 0 Å². The molecule has 0 fully saturated rings. The van der Waals surface area contributed by atoms with Gasteiger partial charge in [-0.15, -0.1) is 0 Å². The van der Waals surface area contributed by atoms with Gasteiger partial charge in [-0.2, -0.15) is 0 Å². The minimum Gasteiger partial charge on any atom is -0.408 e. The SMILES string of the molecule is O=c1oc2ccccc2n1Cc1cccc2cccnc12. The summed E-state index contributed by atoms with van der Waals surface area (Å²) in [5.41, 5.74) is 3.32. The van der Waals surface area contributed by atoms with Gasteiger partial charge in [0, 0.05) is 11.6 Å². The molecule has 4 rings (SSSR count). The second kappa shape index (κ2) is 4.59. The minimum atomic E-state index is -0.343. The van der Waals surface area contributed by atoms with Crippen LogP contribution in [0.4, 0.5) is 0 Å². The zero-order valence-electron chi connectivity index (χ0n) is 11.2. The van der Waals surface area contributed by atoms with E-state index in [0.717, 1.165) is 22.0 Å². The fraction of sp³-hybridized carbons (Fsp3) is 0.0588. The van der Waals surface area contributed by atoms with Crippen molar-refractivity contribution in [1.29, 1.82) is 0 Å². The van der Waals surface area contributed by atoms with Crippen LogP contribution in [0.25, 0.3) is 22.0 Å². The second-order valence-electron chi connectivity index (χ2n) is 4.91. The Morgan fingerprint density at radius 3 is 2.81 bits per heavy atom. The molecule has 0 saturated heterocycles. The lowest BCUT2D eigenvalue weighted by atomic mass is 10.1. The Kier molecular flexibility index (Phi) is 2.60. The number of rotatable bonds is 2. The summed E-state index contributed by atoms with van der Waals surface area (Å²) in [5.74, 6) is -0.343. The predicted octanol–water partition coefficient (Wildman–Crippen LogP) is 3.19. The van der Waals surface area contributed by atoms with E-state index in [2.05, 4.69) is 4.98 Å². The molecule has 2 heterocycles. The number of hydrogen-bond donors (Lipinski definition) is 0. The van der Waals surface area contributed by atoms with Crippen molar-refractivity contribution < 1.29 is 4.42 Å². The first kappa shape index (κ1) is 11.9. The highest BCUT2D eigenvalue weighted by Gasteiger charge is 2.10. The number of pyridine rings is 1. The minimum absolute atomic E-state index is 0.343. The Labute approximate surface area is 120 Å². The summed E-state index contributed by atoms with van der Waals surface area (Å²) in [6, 6.07) is 17.4. The van der Waals surface area contributed by atoms with E-state index in [0.29, 0.717) is 12.1 Å². The lowest BCUT2D eigenvalue weighted by Gasteiger charge is -2.06. The molecule has 0 atom stereocenters. The van der Waals surface area contributed by atoms with Gasteiger partial charge >= 0.3 is 5.76 Å². The smallest absolute Gasteiger partial charge is 0.408 e. The second-order valence-corrected chi connectivity index (χ2v) is 4.91. The standard InChI is InChI=1S/C17H12N2O2/c20-17-19(14-8-1-2-9-15(14)21-17)11-13-6-3-5-12-7-4-10-18-16(12)13/h1-10H,11H2. The summed E-state index contributed by atoms with van der Waals surface area (Å²) >= 11 is 0. The molecule has 0 unspecified atom stereocenters. The quantitative estimate of drug-likeness (QED) is 0.565. The number of hydrogen-bond acceptors (Lipinski definition) is 3. The molecule has 0 N–H and O–H groups in total. The Bertz CT molecular complexity index is 993. The summed E-state index contributed by atoms with van der Waals surface area (Å²) in [5, 5.41) is 1.07. The largest absolute Gasteiger partial charge is 0.420 e. The monoisotopic (exact) mass is 276 g/mol. The Balaban J connectivity index is 1.91. The van der Waals surface area contributed by atoms with Gasteiger partial charge in [0.15, 0.2) is 5.58 Å². The number of oxazole rings is 1. The van der Waals surface area contributed by atoms with Gasteiger partial charge in [0.2, 0.25) is 0 Å². The normalized spacial score (nSPS) is 11.2. The number of benzene rings is 2. The van der Waals surface area contributed by atoms with Crippen LogP contribution >= 0.6 is 0 Å². The molecule has 4 nitrogen and oxygen atoms in total. The molecule has 0 aliphatic rings. The first-order valence-electron chi connectivity index (χ1n) is 6.74. The van der Waals surface area contributed by atoms with Gasteiger partial charge in [-0.3, -0.25) is 9.55 Å². The van der Waals surface area contributed by atoms with Gasteiger partial charge in [-0.25, -0.2) is 4.79 Å². The Morgan fingerprint density at radius 1 is 1.00 bits per heavy atom. The lowest BCUT2D eigenvalue weighted by molar-refractivity contribution is 0.518. The van der Waals surface area contributed by atoms with E-state index in [1.165, 1.54) is 0 Å². The van der Waals surface area contributed by atoms with E-state index in [1.807, 2.05) is 48.5 Å². The van der Waals surface area contributed by atoms with Crippen LogP contribution in [0, 0.1) is 0 Å². The molecule has 0 bridgehead atoms.